The molecular formula is C24H24N2O6. The molecular weight excluding hydrogens is 412 g/mol. The first-order valence-electron chi connectivity index (χ1n) is 9.67. The molecule has 0 spiro atoms. The molecule has 0 aliphatic carbocycles. The topological polar surface area (TPSA) is 95.1 Å². The highest BCUT2D eigenvalue weighted by atomic mass is 16.5. The summed E-state index contributed by atoms with van der Waals surface area (Å²) in [5, 5.41) is 5.62. The third-order valence-corrected chi connectivity index (χ3v) is 4.67. The average molecular weight is 436 g/mol. The van der Waals surface area contributed by atoms with Gasteiger partial charge in [-0.2, -0.15) is 0 Å². The molecule has 2 amide bonds. The second-order valence-electron chi connectivity index (χ2n) is 6.57. The number of benzene rings is 3. The Bertz CT molecular complexity index is 1040. The predicted octanol–water partition coefficient (Wildman–Crippen LogP) is 4.23. The fraction of sp³-hybridized carbons (Fsp3) is 0.167. The van der Waals surface area contributed by atoms with E-state index in [0.717, 1.165) is 0 Å². The first-order valence-corrected chi connectivity index (χ1v) is 9.67. The van der Waals surface area contributed by atoms with Crippen molar-refractivity contribution in [2.24, 2.45) is 0 Å². The Morgan fingerprint density at radius 3 is 1.38 bits per heavy atom. The summed E-state index contributed by atoms with van der Waals surface area (Å²) >= 11 is 0. The van der Waals surface area contributed by atoms with Crippen LogP contribution in [0, 0.1) is 0 Å². The molecule has 3 aromatic carbocycles. The Labute approximate surface area is 186 Å². The van der Waals surface area contributed by atoms with Gasteiger partial charge in [0.1, 0.15) is 0 Å². The highest BCUT2D eigenvalue weighted by Crippen LogP contribution is 2.32. The zero-order valence-electron chi connectivity index (χ0n) is 18.2. The Morgan fingerprint density at radius 1 is 0.594 bits per heavy atom. The molecule has 0 saturated carbocycles. The summed E-state index contributed by atoms with van der Waals surface area (Å²) in [4.78, 5) is 25.6. The second kappa shape index (κ2) is 10.2. The molecule has 0 bridgehead atoms. The van der Waals surface area contributed by atoms with Crippen LogP contribution in [0.3, 0.4) is 0 Å². The summed E-state index contributed by atoms with van der Waals surface area (Å²) in [6, 6.07) is 16.9. The van der Waals surface area contributed by atoms with Crippen LogP contribution < -0.4 is 29.6 Å². The Morgan fingerprint density at radius 2 is 1.00 bits per heavy atom. The zero-order chi connectivity index (χ0) is 23.1. The van der Waals surface area contributed by atoms with Crippen LogP contribution in [0.25, 0.3) is 0 Å². The molecule has 0 fully saturated rings. The molecule has 0 unspecified atom stereocenters. The number of anilines is 2. The van der Waals surface area contributed by atoms with Crippen molar-refractivity contribution >= 4 is 23.2 Å². The van der Waals surface area contributed by atoms with Crippen molar-refractivity contribution in [3.8, 4) is 23.0 Å². The Balaban J connectivity index is 1.80. The smallest absolute Gasteiger partial charge is 0.259 e. The van der Waals surface area contributed by atoms with Gasteiger partial charge in [0.25, 0.3) is 11.8 Å². The largest absolute Gasteiger partial charge is 0.493 e. The first kappa shape index (κ1) is 22.5. The minimum atomic E-state index is -0.376. The minimum absolute atomic E-state index is 0.322. The number of hydrogen-bond donors (Lipinski definition) is 2. The van der Waals surface area contributed by atoms with Crippen molar-refractivity contribution in [2.75, 3.05) is 39.1 Å². The van der Waals surface area contributed by atoms with Crippen LogP contribution in [-0.4, -0.2) is 40.3 Å². The van der Waals surface area contributed by atoms with Gasteiger partial charge in [-0.3, -0.25) is 9.59 Å². The molecule has 0 radical (unpaired) electrons. The van der Waals surface area contributed by atoms with E-state index in [4.69, 9.17) is 18.9 Å². The number of carbonyl (C=O) groups is 2. The summed E-state index contributed by atoms with van der Waals surface area (Å²) in [7, 11) is 5.95. The van der Waals surface area contributed by atoms with Crippen molar-refractivity contribution in [1.29, 1.82) is 0 Å². The first-order chi connectivity index (χ1) is 15.5. The molecule has 32 heavy (non-hydrogen) atoms. The number of amides is 2. The summed E-state index contributed by atoms with van der Waals surface area (Å²) < 4.78 is 21.1. The number of carbonyl (C=O) groups excluding carboxylic acids is 2. The van der Waals surface area contributed by atoms with Crippen LogP contribution in [0.2, 0.25) is 0 Å². The fourth-order valence-electron chi connectivity index (χ4n) is 3.20. The standard InChI is InChI=1S/C24H24N2O6/c1-29-19-12-6-10-17(21(19)31-3)23(27)25-15-8-5-9-16(14-15)26-24(28)18-11-7-13-20(30-2)22(18)32-4/h5-14H,1-4H3,(H,25,27)(H,26,28). The van der Waals surface area contributed by atoms with E-state index in [-0.39, 0.29) is 11.8 Å². The molecule has 8 nitrogen and oxygen atoms in total. The molecule has 0 aliphatic rings. The van der Waals surface area contributed by atoms with E-state index in [1.54, 1.807) is 60.7 Å². The molecule has 3 rings (SSSR count). The number of ether oxygens (including phenoxy) is 4. The molecule has 3 aromatic rings. The summed E-state index contributed by atoms with van der Waals surface area (Å²) in [6.45, 7) is 0. The van der Waals surface area contributed by atoms with Gasteiger partial charge in [0.2, 0.25) is 0 Å². The third kappa shape index (κ3) is 4.75. The lowest BCUT2D eigenvalue weighted by molar-refractivity contribution is 0.101. The second-order valence-corrected chi connectivity index (χ2v) is 6.57. The molecule has 0 aliphatic heterocycles. The SMILES string of the molecule is COc1cccc(C(=O)Nc2cccc(NC(=O)c3cccc(OC)c3OC)c2)c1OC. The zero-order valence-corrected chi connectivity index (χ0v) is 18.2. The molecule has 0 saturated heterocycles. The third-order valence-electron chi connectivity index (χ3n) is 4.67. The van der Waals surface area contributed by atoms with Gasteiger partial charge in [0.05, 0.1) is 39.6 Å². The van der Waals surface area contributed by atoms with Crippen LogP contribution in [0.4, 0.5) is 11.4 Å². The molecule has 0 atom stereocenters. The average Bonchev–Trinajstić information content (AvgIpc) is 2.82. The van der Waals surface area contributed by atoms with Crippen LogP contribution in [0.15, 0.2) is 60.7 Å². The normalized spacial score (nSPS) is 10.1. The Hall–Kier alpha value is -4.20. The summed E-state index contributed by atoms with van der Waals surface area (Å²) in [5.41, 5.74) is 1.63. The van der Waals surface area contributed by atoms with Gasteiger partial charge in [0.15, 0.2) is 23.0 Å². The molecule has 0 aromatic heterocycles. The van der Waals surface area contributed by atoms with Crippen LogP contribution in [0.1, 0.15) is 20.7 Å². The predicted molar refractivity (Wildman–Crippen MR) is 121 cm³/mol. The number of methoxy groups -OCH3 is 4. The molecule has 8 heteroatoms. The highest BCUT2D eigenvalue weighted by Gasteiger charge is 2.18. The molecule has 166 valence electrons. The van der Waals surface area contributed by atoms with Crippen molar-refractivity contribution in [3.63, 3.8) is 0 Å². The monoisotopic (exact) mass is 436 g/mol. The quantitative estimate of drug-likeness (QED) is 0.549. The maximum atomic E-state index is 12.8. The lowest BCUT2D eigenvalue weighted by Crippen LogP contribution is -2.15. The number of rotatable bonds is 8. The number of hydrogen-bond acceptors (Lipinski definition) is 6. The Kier molecular flexibility index (Phi) is 7.17. The van der Waals surface area contributed by atoms with E-state index in [1.807, 2.05) is 0 Å². The minimum Gasteiger partial charge on any atom is -0.493 e. The number of para-hydroxylation sites is 2. The van der Waals surface area contributed by atoms with Gasteiger partial charge in [-0.25, -0.2) is 0 Å². The van der Waals surface area contributed by atoms with Gasteiger partial charge in [-0.05, 0) is 42.5 Å². The van der Waals surface area contributed by atoms with Crippen LogP contribution in [0.5, 0.6) is 23.0 Å². The molecule has 0 heterocycles. The maximum Gasteiger partial charge on any atom is 0.259 e. The van der Waals surface area contributed by atoms with Crippen molar-refractivity contribution < 1.29 is 28.5 Å². The summed E-state index contributed by atoms with van der Waals surface area (Å²) in [5.74, 6) is 0.823. The van der Waals surface area contributed by atoms with Crippen molar-refractivity contribution in [1.82, 2.24) is 0 Å². The van der Waals surface area contributed by atoms with E-state index in [0.29, 0.717) is 45.5 Å². The van der Waals surface area contributed by atoms with E-state index >= 15 is 0 Å². The molecule has 2 N–H and O–H groups in total. The van der Waals surface area contributed by atoms with E-state index in [1.165, 1.54) is 28.4 Å². The van der Waals surface area contributed by atoms with Gasteiger partial charge in [0, 0.05) is 11.4 Å². The van der Waals surface area contributed by atoms with E-state index < -0.39 is 0 Å². The summed E-state index contributed by atoms with van der Waals surface area (Å²) in [6.07, 6.45) is 0. The van der Waals surface area contributed by atoms with Gasteiger partial charge in [-0.15, -0.1) is 0 Å². The van der Waals surface area contributed by atoms with Gasteiger partial charge in [-0.1, -0.05) is 18.2 Å². The lowest BCUT2D eigenvalue weighted by Gasteiger charge is -2.14. The number of nitrogens with one attached hydrogen (secondary N) is 2. The van der Waals surface area contributed by atoms with Crippen LogP contribution >= 0.6 is 0 Å². The van der Waals surface area contributed by atoms with Gasteiger partial charge < -0.3 is 29.6 Å². The van der Waals surface area contributed by atoms with E-state index in [9.17, 15) is 9.59 Å². The van der Waals surface area contributed by atoms with E-state index in [2.05, 4.69) is 10.6 Å². The lowest BCUT2D eigenvalue weighted by atomic mass is 10.1. The van der Waals surface area contributed by atoms with Crippen molar-refractivity contribution in [3.05, 3.63) is 71.8 Å². The van der Waals surface area contributed by atoms with Crippen LogP contribution in [-0.2, 0) is 0 Å². The fourth-order valence-corrected chi connectivity index (χ4v) is 3.20. The maximum absolute atomic E-state index is 12.8. The van der Waals surface area contributed by atoms with Crippen molar-refractivity contribution in [2.45, 2.75) is 0 Å². The highest BCUT2D eigenvalue weighted by molar-refractivity contribution is 6.08. The van der Waals surface area contributed by atoms with Gasteiger partial charge >= 0.3 is 0 Å².